The van der Waals surface area contributed by atoms with Crippen molar-refractivity contribution in [2.24, 2.45) is 5.73 Å². The van der Waals surface area contributed by atoms with Crippen molar-refractivity contribution in [2.75, 3.05) is 6.54 Å². The fourth-order valence-corrected chi connectivity index (χ4v) is 0.502. The predicted octanol–water partition coefficient (Wildman–Crippen LogP) is 0.661. The molecule has 0 saturated carbocycles. The fourth-order valence-electron chi connectivity index (χ4n) is 0.419. The van der Waals surface area contributed by atoms with Gasteiger partial charge in [-0.2, -0.15) is 0 Å². The van der Waals surface area contributed by atoms with Crippen molar-refractivity contribution in [1.82, 2.24) is 5.32 Å². The van der Waals surface area contributed by atoms with Gasteiger partial charge in [0, 0.05) is 12.6 Å². The summed E-state index contributed by atoms with van der Waals surface area (Å²) < 4.78 is 0. The fraction of sp³-hybridized carbons (Fsp3) is 0.833. The molecule has 0 amide bonds. The van der Waals surface area contributed by atoms with Gasteiger partial charge < -0.3 is 11.1 Å². The standard InChI is InChI=1S/C6H14N2S/c1-3-5(2)8-4-6(7)9/h5,8H,3-4H2,1-2H3,(H2,7,9). The molecular formula is C6H14N2S. The molecule has 0 aromatic carbocycles. The molecule has 54 valence electrons. The molecule has 0 bridgehead atoms. The molecule has 1 atom stereocenters. The first kappa shape index (κ1) is 8.85. The Morgan fingerprint density at radius 1 is 1.78 bits per heavy atom. The van der Waals surface area contributed by atoms with E-state index in [0.717, 1.165) is 6.42 Å². The highest BCUT2D eigenvalue weighted by atomic mass is 32.1. The molecule has 0 rings (SSSR count). The molecular weight excluding hydrogens is 132 g/mol. The Balaban J connectivity index is 3.16. The Kier molecular flexibility index (Phi) is 4.62. The number of nitrogens with two attached hydrogens (primary N) is 1. The maximum Gasteiger partial charge on any atom is 0.0867 e. The summed E-state index contributed by atoms with van der Waals surface area (Å²) in [4.78, 5) is 0.537. The van der Waals surface area contributed by atoms with Gasteiger partial charge in [0.05, 0.1) is 4.99 Å². The summed E-state index contributed by atoms with van der Waals surface area (Å²) in [5, 5.41) is 3.17. The molecule has 0 spiro atoms. The summed E-state index contributed by atoms with van der Waals surface area (Å²) in [7, 11) is 0. The minimum Gasteiger partial charge on any atom is -0.392 e. The lowest BCUT2D eigenvalue weighted by molar-refractivity contribution is 0.575. The zero-order valence-electron chi connectivity index (χ0n) is 5.98. The maximum atomic E-state index is 5.26. The number of hydrogen-bond donors (Lipinski definition) is 2. The van der Waals surface area contributed by atoms with Gasteiger partial charge in [0.15, 0.2) is 0 Å². The SMILES string of the molecule is CCC(C)NCC(N)=S. The van der Waals surface area contributed by atoms with Crippen LogP contribution in [0.1, 0.15) is 20.3 Å². The van der Waals surface area contributed by atoms with Gasteiger partial charge >= 0.3 is 0 Å². The summed E-state index contributed by atoms with van der Waals surface area (Å²) in [6.07, 6.45) is 1.11. The maximum absolute atomic E-state index is 5.26. The van der Waals surface area contributed by atoms with Crippen LogP contribution in [0.2, 0.25) is 0 Å². The van der Waals surface area contributed by atoms with Crippen LogP contribution in [-0.2, 0) is 0 Å². The predicted molar refractivity (Wildman–Crippen MR) is 44.5 cm³/mol. The van der Waals surface area contributed by atoms with Crippen LogP contribution in [0.15, 0.2) is 0 Å². The highest BCUT2D eigenvalue weighted by Gasteiger charge is 1.95. The second-order valence-electron chi connectivity index (χ2n) is 2.16. The number of thiocarbonyl (C=S) groups is 1. The monoisotopic (exact) mass is 146 g/mol. The summed E-state index contributed by atoms with van der Waals surface area (Å²) in [5.41, 5.74) is 5.26. The van der Waals surface area contributed by atoms with Gasteiger partial charge in [-0.15, -0.1) is 0 Å². The van der Waals surface area contributed by atoms with Gasteiger partial charge in [-0.05, 0) is 13.3 Å². The quantitative estimate of drug-likeness (QED) is 0.572. The smallest absolute Gasteiger partial charge is 0.0867 e. The summed E-state index contributed by atoms with van der Waals surface area (Å²) >= 11 is 4.68. The van der Waals surface area contributed by atoms with Gasteiger partial charge in [-0.3, -0.25) is 0 Å². The first-order valence-electron chi connectivity index (χ1n) is 3.18. The van der Waals surface area contributed by atoms with Gasteiger partial charge in [0.2, 0.25) is 0 Å². The van der Waals surface area contributed by atoms with Crippen LogP contribution in [0.3, 0.4) is 0 Å². The van der Waals surface area contributed by atoms with E-state index in [0.29, 0.717) is 17.6 Å². The van der Waals surface area contributed by atoms with Crippen molar-refractivity contribution in [3.63, 3.8) is 0 Å². The largest absolute Gasteiger partial charge is 0.392 e. The molecule has 2 nitrogen and oxygen atoms in total. The van der Waals surface area contributed by atoms with E-state index < -0.39 is 0 Å². The van der Waals surface area contributed by atoms with E-state index in [4.69, 9.17) is 5.73 Å². The van der Waals surface area contributed by atoms with E-state index in [-0.39, 0.29) is 0 Å². The van der Waals surface area contributed by atoms with Gasteiger partial charge in [-0.25, -0.2) is 0 Å². The topological polar surface area (TPSA) is 38.0 Å². The Morgan fingerprint density at radius 3 is 2.67 bits per heavy atom. The summed E-state index contributed by atoms with van der Waals surface area (Å²) in [6, 6.07) is 0.520. The second-order valence-corrected chi connectivity index (χ2v) is 2.68. The molecule has 3 heteroatoms. The highest BCUT2D eigenvalue weighted by Crippen LogP contribution is 1.85. The Bertz CT molecular complexity index is 93.1. The molecule has 1 unspecified atom stereocenters. The van der Waals surface area contributed by atoms with Crippen LogP contribution < -0.4 is 11.1 Å². The number of nitrogens with one attached hydrogen (secondary N) is 1. The third-order valence-corrected chi connectivity index (χ3v) is 1.38. The molecule has 0 saturated heterocycles. The van der Waals surface area contributed by atoms with E-state index in [1.807, 2.05) is 0 Å². The highest BCUT2D eigenvalue weighted by molar-refractivity contribution is 7.80. The van der Waals surface area contributed by atoms with Crippen LogP contribution >= 0.6 is 12.2 Å². The normalized spacial score (nSPS) is 13.1. The van der Waals surface area contributed by atoms with Crippen molar-refractivity contribution in [3.8, 4) is 0 Å². The molecule has 0 fully saturated rings. The summed E-state index contributed by atoms with van der Waals surface area (Å²) in [6.45, 7) is 4.89. The van der Waals surface area contributed by atoms with Crippen LogP contribution in [0.25, 0.3) is 0 Å². The molecule has 0 aliphatic rings. The zero-order valence-corrected chi connectivity index (χ0v) is 6.79. The number of rotatable bonds is 4. The van der Waals surface area contributed by atoms with E-state index in [1.165, 1.54) is 0 Å². The van der Waals surface area contributed by atoms with Crippen molar-refractivity contribution >= 4 is 17.2 Å². The molecule has 0 aromatic rings. The molecule has 0 aromatic heterocycles. The van der Waals surface area contributed by atoms with E-state index in [1.54, 1.807) is 0 Å². The molecule has 3 N–H and O–H groups in total. The van der Waals surface area contributed by atoms with Gasteiger partial charge in [0.1, 0.15) is 0 Å². The minimum absolute atomic E-state index is 0.520. The van der Waals surface area contributed by atoms with E-state index in [9.17, 15) is 0 Å². The van der Waals surface area contributed by atoms with Crippen molar-refractivity contribution in [2.45, 2.75) is 26.3 Å². The van der Waals surface area contributed by atoms with Crippen molar-refractivity contribution in [3.05, 3.63) is 0 Å². The first-order chi connectivity index (χ1) is 4.16. The molecule has 0 radical (unpaired) electrons. The van der Waals surface area contributed by atoms with Crippen LogP contribution in [0.5, 0.6) is 0 Å². The van der Waals surface area contributed by atoms with Crippen LogP contribution in [-0.4, -0.2) is 17.6 Å². The molecule has 9 heavy (non-hydrogen) atoms. The Labute approximate surface area is 61.8 Å². The van der Waals surface area contributed by atoms with Gasteiger partial charge in [0.25, 0.3) is 0 Å². The molecule has 0 heterocycles. The van der Waals surface area contributed by atoms with Crippen molar-refractivity contribution < 1.29 is 0 Å². The first-order valence-corrected chi connectivity index (χ1v) is 3.59. The zero-order chi connectivity index (χ0) is 7.28. The average molecular weight is 146 g/mol. The Morgan fingerprint density at radius 2 is 2.33 bits per heavy atom. The summed E-state index contributed by atoms with van der Waals surface area (Å²) in [5.74, 6) is 0. The second kappa shape index (κ2) is 4.70. The van der Waals surface area contributed by atoms with Crippen LogP contribution in [0.4, 0.5) is 0 Å². The Hall–Kier alpha value is -0.150. The van der Waals surface area contributed by atoms with Crippen molar-refractivity contribution in [1.29, 1.82) is 0 Å². The minimum atomic E-state index is 0.520. The lowest BCUT2D eigenvalue weighted by atomic mass is 10.3. The lowest BCUT2D eigenvalue weighted by Crippen LogP contribution is -2.33. The third kappa shape index (κ3) is 5.73. The molecule has 0 aliphatic heterocycles. The van der Waals surface area contributed by atoms with Crippen LogP contribution in [0, 0.1) is 0 Å². The van der Waals surface area contributed by atoms with E-state index in [2.05, 4.69) is 31.4 Å². The third-order valence-electron chi connectivity index (χ3n) is 1.24. The lowest BCUT2D eigenvalue weighted by Gasteiger charge is -2.08. The number of hydrogen-bond acceptors (Lipinski definition) is 2. The molecule has 0 aliphatic carbocycles. The van der Waals surface area contributed by atoms with E-state index >= 15 is 0 Å². The average Bonchev–Trinajstić information content (AvgIpc) is 1.83. The van der Waals surface area contributed by atoms with Gasteiger partial charge in [-0.1, -0.05) is 19.1 Å².